The second-order valence-corrected chi connectivity index (χ2v) is 31.6. The smallest absolute Gasteiger partial charge is 1.00 e. The van der Waals surface area contributed by atoms with Gasteiger partial charge < -0.3 is 56.1 Å². The quantitative estimate of drug-likeness (QED) is 0.00866. The van der Waals surface area contributed by atoms with Gasteiger partial charge in [0.25, 0.3) is 17.7 Å². The van der Waals surface area contributed by atoms with Crippen LogP contribution in [0.5, 0.6) is 0 Å². The molecule has 6 unspecified atom stereocenters. The average molecular weight is 1710 g/mol. The van der Waals surface area contributed by atoms with E-state index < -0.39 is 15.3 Å². The van der Waals surface area contributed by atoms with E-state index in [-0.39, 0.29) is 69.2 Å². The van der Waals surface area contributed by atoms with Crippen LogP contribution in [0.4, 0.5) is 28.4 Å². The number of unbranched alkanes of at least 4 members (excludes halogenated alkanes) is 2. The Balaban J connectivity index is 0.000000349. The second kappa shape index (κ2) is 54.8. The van der Waals surface area contributed by atoms with Crippen molar-refractivity contribution in [3.8, 4) is 17.1 Å². The van der Waals surface area contributed by atoms with Crippen LogP contribution in [0.2, 0.25) is 0 Å². The number of halogens is 2. The fourth-order valence-electron chi connectivity index (χ4n) is 12.3. The van der Waals surface area contributed by atoms with Crippen molar-refractivity contribution in [3.05, 3.63) is 351 Å². The van der Waals surface area contributed by atoms with Gasteiger partial charge >= 0.3 is 29.6 Å². The maximum atomic E-state index is 13.4. The number of rotatable bonds is 30. The largest absolute Gasteiger partial charge is 1.00 e. The molecule has 22 nitrogen and oxygen atoms in total. The van der Waals surface area contributed by atoms with Gasteiger partial charge in [0.05, 0.1) is 59.4 Å². The second-order valence-electron chi connectivity index (χ2n) is 29.0. The molecule has 122 heavy (non-hydrogen) atoms. The molecule has 0 spiro atoms. The van der Waals surface area contributed by atoms with Gasteiger partial charge in [0.1, 0.15) is 23.2 Å². The zero-order valence-electron chi connectivity index (χ0n) is 72.4. The van der Waals surface area contributed by atoms with E-state index in [4.69, 9.17) is 40.3 Å². The minimum Gasteiger partial charge on any atom is -1.00 e. The van der Waals surface area contributed by atoms with E-state index in [0.717, 1.165) is 103 Å². The van der Waals surface area contributed by atoms with Crippen molar-refractivity contribution in [2.75, 3.05) is 48.7 Å². The summed E-state index contributed by atoms with van der Waals surface area (Å²) in [6.07, 6.45) is 6.07. The SMILES string of the molecule is CCC(C)CN.CCC(C)CNC(c1ccccc1)c1cccc(NC(=O)c2cc(C)nn2-c2cccc(CN)c2)c1.NCCCCCN.O=S(Cl)Cl.[B].[C-]#[N+]c1cccc(-n2nc(C)cc2C(=O)Nc2cccc(C(NCC(C)CC)c3ccccc3)c2)c1.[C-]#[N+]c1cccc(-n2nc(C)cc2C(=O)Nc2cccc(C(O)c3ccccc3)c2)c1.[H-].[Na+]. The van der Waals surface area contributed by atoms with Crippen molar-refractivity contribution in [1.29, 1.82) is 0 Å². The summed E-state index contributed by atoms with van der Waals surface area (Å²) in [6.45, 7) is 37.9. The Morgan fingerprint density at radius 3 is 1.09 bits per heavy atom. The number of nitrogens with two attached hydrogens (primary N) is 4. The average Bonchev–Trinajstić information content (AvgIpc) is 1.62. The Labute approximate surface area is 756 Å². The Kier molecular flexibility index (Phi) is 45.9. The summed E-state index contributed by atoms with van der Waals surface area (Å²) in [5.41, 5.74) is 37.1. The molecule has 3 radical (unpaired) electrons. The van der Waals surface area contributed by atoms with Crippen molar-refractivity contribution >= 4 is 85.2 Å². The summed E-state index contributed by atoms with van der Waals surface area (Å²) in [6, 6.07) is 80.4. The third-order valence-corrected chi connectivity index (χ3v) is 19.5. The van der Waals surface area contributed by atoms with Crippen LogP contribution in [0.1, 0.15) is 187 Å². The van der Waals surface area contributed by atoms with Crippen molar-refractivity contribution < 1.29 is 54.7 Å². The topological polar surface area (TPSA) is 315 Å². The van der Waals surface area contributed by atoms with Gasteiger partial charge in [-0.3, -0.25) is 14.4 Å². The molecule has 12 rings (SSSR count). The first-order valence-electron chi connectivity index (χ1n) is 40.3. The maximum Gasteiger partial charge on any atom is 1.00 e. The number of anilines is 3. The number of nitrogens with one attached hydrogen (secondary N) is 5. The van der Waals surface area contributed by atoms with Crippen molar-refractivity contribution in [3.63, 3.8) is 0 Å². The van der Waals surface area contributed by atoms with Crippen LogP contribution in [-0.2, 0) is 15.8 Å². The van der Waals surface area contributed by atoms with Gasteiger partial charge in [-0.15, -0.1) is 0 Å². The molecular formula is C95H114BCl2N17NaO5S. The third kappa shape index (κ3) is 33.1. The molecule has 3 aromatic heterocycles. The van der Waals surface area contributed by atoms with Gasteiger partial charge in [-0.1, -0.05) is 231 Å². The van der Waals surface area contributed by atoms with E-state index >= 15 is 0 Å². The summed E-state index contributed by atoms with van der Waals surface area (Å²) in [5, 5.41) is 40.6. The molecule has 27 heteroatoms. The molecular weight excluding hydrogens is 1600 g/mol. The normalized spacial score (nSPS) is 11.9. The van der Waals surface area contributed by atoms with E-state index in [1.54, 1.807) is 88.2 Å². The predicted molar refractivity (Wildman–Crippen MR) is 498 cm³/mol. The van der Waals surface area contributed by atoms with Crippen LogP contribution in [0.15, 0.2) is 255 Å². The summed E-state index contributed by atoms with van der Waals surface area (Å²) < 4.78 is 13.9. The van der Waals surface area contributed by atoms with Crippen LogP contribution in [-0.4, -0.2) is 97.5 Å². The number of carbonyl (C=O) groups excluding carboxylic acids is 3. The zero-order valence-corrected chi connectivity index (χ0v) is 75.7. The molecule has 12 aromatic rings. The molecule has 6 atom stereocenters. The van der Waals surface area contributed by atoms with Crippen LogP contribution in [0, 0.1) is 51.7 Å². The van der Waals surface area contributed by atoms with E-state index in [2.05, 4.69) is 163 Å². The molecule has 0 saturated carbocycles. The number of aliphatic hydroxyl groups is 1. The summed E-state index contributed by atoms with van der Waals surface area (Å²) in [4.78, 5) is 46.7. The fraction of sp³-hybridized carbons (Fsp3) is 0.284. The number of benzene rings is 9. The molecule has 3 amide bonds. The van der Waals surface area contributed by atoms with Gasteiger partial charge in [-0.25, -0.2) is 27.9 Å². The molecule has 0 aliphatic rings. The Morgan fingerprint density at radius 1 is 0.443 bits per heavy atom. The van der Waals surface area contributed by atoms with Crippen molar-refractivity contribution in [2.24, 2.45) is 40.7 Å². The first-order chi connectivity index (χ1) is 58.0. The number of nitrogens with zero attached hydrogens (tertiary/aromatic N) is 8. The summed E-state index contributed by atoms with van der Waals surface area (Å²) >= 11 is 0. The molecule has 14 N–H and O–H groups in total. The van der Waals surface area contributed by atoms with Crippen LogP contribution in [0.3, 0.4) is 0 Å². The number of hydrogen-bond acceptors (Lipinski definition) is 14. The number of carbonyl (C=O) groups is 3. The minimum absolute atomic E-state index is 0. The number of amides is 3. The predicted octanol–water partition coefficient (Wildman–Crippen LogP) is 16.2. The summed E-state index contributed by atoms with van der Waals surface area (Å²) in [5.74, 6) is 1.04. The van der Waals surface area contributed by atoms with Crippen LogP contribution >= 0.6 is 21.4 Å². The van der Waals surface area contributed by atoms with E-state index in [9.17, 15) is 19.5 Å². The minimum atomic E-state index is -1.67. The van der Waals surface area contributed by atoms with Gasteiger partial charge in [0.15, 0.2) is 11.4 Å². The van der Waals surface area contributed by atoms with E-state index in [0.29, 0.717) is 86.8 Å². The van der Waals surface area contributed by atoms with Crippen LogP contribution < -0.4 is 79.1 Å². The molecule has 9 aromatic carbocycles. The monoisotopic (exact) mass is 1710 g/mol. The third-order valence-electron chi connectivity index (χ3n) is 19.5. The summed E-state index contributed by atoms with van der Waals surface area (Å²) in [7, 11) is 7.36. The maximum absolute atomic E-state index is 13.4. The molecule has 0 saturated heterocycles. The molecule has 0 aliphatic carbocycles. The first kappa shape index (κ1) is 102. The van der Waals surface area contributed by atoms with Gasteiger partial charge in [0, 0.05) is 53.4 Å². The standard InChI is InChI=1S/C30H31N5O.C30H35N5O.C25H20N4O2.C5H14N2.C5H13N.B.Cl2OS.Na.H/c1-5-21(2)20-32-29(23-11-7-6-8-12-23)24-13-9-15-26(18-24)33-30(36)28-17-22(3)34-35(28)27-16-10-14-25(19-27)31-4;1-4-21(2)20-32-29(24-11-6-5-7-12-24)25-13-9-14-26(18-25)33-30(36)28-16-22(3)34-35(28)27-15-8-10-23(17-27)19-31;1-17-14-23(29(28-17)22-13-7-11-20(16-22)26-2)25(31)27-21-12-6-10-19(15-21)24(30)18-8-4-3-5-9-18;6-4-2-1-3-5-7;1-3-5(2)4-6;;1-4(2)3;;/h6-19,21,29,32H,5,20H2,1-3H3,(H,33,36);5-18,21,29,32H,4,19-20,31H2,1-3H3,(H,33,36);3-16,24,30H,1H3,(H,27,31);1-7H2;5H,3-4,6H2,1-2H3;;;;/q;;;;;;;+1;-1. The Hall–Kier alpha value is -10.5. The number of aliphatic hydroxyl groups excluding tert-OH is 1. The molecule has 0 bridgehead atoms. The first-order valence-corrected chi connectivity index (χ1v) is 43.1. The molecule has 0 fully saturated rings. The molecule has 3 heterocycles. The van der Waals surface area contributed by atoms with E-state index in [1.807, 2.05) is 148 Å². The van der Waals surface area contributed by atoms with Gasteiger partial charge in [-0.05, 0) is 214 Å². The Morgan fingerprint density at radius 2 is 0.762 bits per heavy atom. The number of aryl methyl sites for hydroxylation is 3. The van der Waals surface area contributed by atoms with E-state index in [1.165, 1.54) is 28.7 Å². The van der Waals surface area contributed by atoms with Crippen molar-refractivity contribution in [1.82, 2.24) is 40.0 Å². The zero-order chi connectivity index (χ0) is 86.9. The number of hydrogen-bond donors (Lipinski definition) is 10. The fourth-order valence-corrected chi connectivity index (χ4v) is 12.3. The number of aromatic nitrogens is 6. The van der Waals surface area contributed by atoms with Gasteiger partial charge in [-0.2, -0.15) is 15.3 Å². The molecule has 0 aliphatic heterocycles. The Bertz CT molecular complexity index is 5280. The van der Waals surface area contributed by atoms with Crippen LogP contribution in [0.25, 0.3) is 26.8 Å². The van der Waals surface area contributed by atoms with Crippen molar-refractivity contribution in [2.45, 2.75) is 126 Å². The molecule has 633 valence electrons. The van der Waals surface area contributed by atoms with Gasteiger partial charge in [0.2, 0.25) is 9.23 Å².